The minimum Gasteiger partial charge on any atom is -0.390 e. The number of rotatable bonds is 5. The number of hydrogen-bond acceptors (Lipinski definition) is 7. The van der Waals surface area contributed by atoms with E-state index < -0.39 is 6.10 Å². The van der Waals surface area contributed by atoms with Crippen molar-refractivity contribution >= 4 is 11.5 Å². The smallest absolute Gasteiger partial charge is 0.178 e. The monoisotopic (exact) mass is 342 g/mol. The first-order valence-electron chi connectivity index (χ1n) is 8.51. The van der Waals surface area contributed by atoms with Crippen molar-refractivity contribution < 1.29 is 5.11 Å². The molecule has 0 radical (unpaired) electrons. The van der Waals surface area contributed by atoms with Gasteiger partial charge in [0.15, 0.2) is 11.5 Å². The van der Waals surface area contributed by atoms with Crippen LogP contribution in [0.1, 0.15) is 5.82 Å². The molecule has 3 aromatic rings. The van der Waals surface area contributed by atoms with E-state index in [1.165, 1.54) is 0 Å². The second-order valence-corrected chi connectivity index (χ2v) is 6.38. The van der Waals surface area contributed by atoms with Gasteiger partial charge in [-0.1, -0.05) is 0 Å². The van der Waals surface area contributed by atoms with Gasteiger partial charge in [0, 0.05) is 45.1 Å². The second-order valence-electron chi connectivity index (χ2n) is 6.38. The minimum atomic E-state index is -0.416. The van der Waals surface area contributed by atoms with Crippen LogP contribution in [0, 0.1) is 6.92 Å². The summed E-state index contributed by atoms with van der Waals surface area (Å²) in [5.41, 5.74) is 0.765. The molecule has 1 atom stereocenters. The van der Waals surface area contributed by atoms with E-state index in [2.05, 4.69) is 30.2 Å². The molecule has 1 fully saturated rings. The Kier molecular flexibility index (Phi) is 4.33. The van der Waals surface area contributed by atoms with Crippen LogP contribution in [0.15, 0.2) is 30.6 Å². The lowest BCUT2D eigenvalue weighted by atomic mass is 10.2. The van der Waals surface area contributed by atoms with Crippen molar-refractivity contribution in [3.63, 3.8) is 0 Å². The summed E-state index contributed by atoms with van der Waals surface area (Å²) in [6.45, 7) is 6.65. The number of β-amino-alcohol motifs (C(OH)–C–C–N with tert-alkyl or cyclic N) is 1. The maximum absolute atomic E-state index is 10.2. The average molecular weight is 342 g/mol. The average Bonchev–Trinajstić information content (AvgIpc) is 3.25. The number of piperazine rings is 1. The number of fused-ring (bicyclic) bond motifs is 1. The molecule has 0 amide bonds. The normalized spacial score (nSPS) is 17.3. The van der Waals surface area contributed by atoms with E-state index in [0.29, 0.717) is 13.1 Å². The fourth-order valence-corrected chi connectivity index (χ4v) is 3.19. The van der Waals surface area contributed by atoms with Crippen LogP contribution in [0.4, 0.5) is 5.82 Å². The van der Waals surface area contributed by atoms with Gasteiger partial charge in [0.1, 0.15) is 5.82 Å². The highest BCUT2D eigenvalue weighted by atomic mass is 16.3. The Hall–Kier alpha value is -2.52. The van der Waals surface area contributed by atoms with Crippen molar-refractivity contribution in [3.8, 4) is 0 Å². The molecule has 4 heterocycles. The number of aliphatic hydroxyl groups is 1. The van der Waals surface area contributed by atoms with Gasteiger partial charge >= 0.3 is 0 Å². The predicted molar refractivity (Wildman–Crippen MR) is 92.4 cm³/mol. The summed E-state index contributed by atoms with van der Waals surface area (Å²) >= 11 is 0. The van der Waals surface area contributed by atoms with Crippen molar-refractivity contribution in [3.05, 3.63) is 36.4 Å². The Morgan fingerprint density at radius 3 is 2.72 bits per heavy atom. The van der Waals surface area contributed by atoms with Gasteiger partial charge < -0.3 is 10.0 Å². The summed E-state index contributed by atoms with van der Waals surface area (Å²) in [5.74, 6) is 1.73. The Bertz CT molecular complexity index is 822. The summed E-state index contributed by atoms with van der Waals surface area (Å²) in [6, 6.07) is 5.81. The molecule has 0 saturated carbocycles. The van der Waals surface area contributed by atoms with Crippen molar-refractivity contribution in [2.75, 3.05) is 37.6 Å². The third-order valence-electron chi connectivity index (χ3n) is 4.53. The maximum Gasteiger partial charge on any atom is 0.178 e. The molecule has 1 aliphatic rings. The van der Waals surface area contributed by atoms with Gasteiger partial charge in [-0.2, -0.15) is 9.61 Å². The number of anilines is 1. The largest absolute Gasteiger partial charge is 0.390 e. The van der Waals surface area contributed by atoms with Gasteiger partial charge in [0.05, 0.1) is 12.6 Å². The molecule has 9 nitrogen and oxygen atoms in total. The maximum atomic E-state index is 10.2. The fraction of sp³-hybridized carbons (Fsp3) is 0.500. The lowest BCUT2D eigenvalue weighted by molar-refractivity contribution is 0.0920. The molecule has 0 aliphatic carbocycles. The van der Waals surface area contributed by atoms with E-state index >= 15 is 0 Å². The zero-order valence-corrected chi connectivity index (χ0v) is 14.2. The van der Waals surface area contributed by atoms with Crippen LogP contribution in [-0.4, -0.2) is 78.4 Å². The van der Waals surface area contributed by atoms with Gasteiger partial charge in [-0.15, -0.1) is 15.3 Å². The molecule has 0 spiro atoms. The van der Waals surface area contributed by atoms with Crippen LogP contribution in [0.25, 0.3) is 5.65 Å². The molecule has 25 heavy (non-hydrogen) atoms. The topological polar surface area (TPSA) is 87.6 Å². The molecule has 4 rings (SSSR count). The number of aliphatic hydroxyl groups excluding tert-OH is 1. The van der Waals surface area contributed by atoms with Crippen LogP contribution in [0.3, 0.4) is 0 Å². The van der Waals surface area contributed by atoms with E-state index in [4.69, 9.17) is 0 Å². The highest BCUT2D eigenvalue weighted by Crippen LogP contribution is 2.15. The lowest BCUT2D eigenvalue weighted by Crippen LogP contribution is -2.49. The molecule has 132 valence electrons. The molecule has 0 aromatic carbocycles. The standard InChI is InChI=1S/C16H22N8O/c1-13-18-19-15-3-4-16(20-24(13)15)22-9-7-21(8-10-22)11-14(25)12-23-6-2-5-17-23/h2-6,14,25H,7-12H2,1H3/t14-/m0/s1. The molecule has 0 unspecified atom stereocenters. The Morgan fingerprint density at radius 1 is 1.12 bits per heavy atom. The van der Waals surface area contributed by atoms with Crippen LogP contribution >= 0.6 is 0 Å². The lowest BCUT2D eigenvalue weighted by Gasteiger charge is -2.36. The number of aromatic nitrogens is 6. The minimum absolute atomic E-state index is 0.416. The third-order valence-corrected chi connectivity index (χ3v) is 4.53. The van der Waals surface area contributed by atoms with Gasteiger partial charge in [0.25, 0.3) is 0 Å². The van der Waals surface area contributed by atoms with E-state index in [1.807, 2.05) is 31.3 Å². The summed E-state index contributed by atoms with van der Waals surface area (Å²) in [6.07, 6.45) is 3.18. The van der Waals surface area contributed by atoms with Crippen molar-refractivity contribution in [2.45, 2.75) is 19.6 Å². The first-order valence-corrected chi connectivity index (χ1v) is 8.51. The number of hydrogen-bond donors (Lipinski definition) is 1. The van der Waals surface area contributed by atoms with Gasteiger partial charge in [-0.05, 0) is 25.1 Å². The van der Waals surface area contributed by atoms with E-state index in [0.717, 1.165) is 43.5 Å². The highest BCUT2D eigenvalue weighted by Gasteiger charge is 2.21. The quantitative estimate of drug-likeness (QED) is 0.688. The molecule has 3 aromatic heterocycles. The van der Waals surface area contributed by atoms with E-state index in [1.54, 1.807) is 15.4 Å². The number of nitrogens with zero attached hydrogens (tertiary/aromatic N) is 8. The zero-order chi connectivity index (χ0) is 17.2. The second kappa shape index (κ2) is 6.77. The molecule has 1 saturated heterocycles. The SMILES string of the molecule is Cc1nnc2ccc(N3CCN(C[C@H](O)Cn4cccn4)CC3)nn12. The highest BCUT2D eigenvalue weighted by molar-refractivity contribution is 5.46. The fourth-order valence-electron chi connectivity index (χ4n) is 3.19. The Balaban J connectivity index is 1.33. The molecule has 0 bridgehead atoms. The van der Waals surface area contributed by atoms with Crippen molar-refractivity contribution in [1.29, 1.82) is 0 Å². The van der Waals surface area contributed by atoms with Gasteiger partial charge in [0.2, 0.25) is 0 Å². The molecule has 1 N–H and O–H groups in total. The third kappa shape index (κ3) is 3.47. The molecular weight excluding hydrogens is 320 g/mol. The van der Waals surface area contributed by atoms with E-state index in [-0.39, 0.29) is 0 Å². The summed E-state index contributed by atoms with van der Waals surface area (Å²) in [7, 11) is 0. The van der Waals surface area contributed by atoms with Crippen LogP contribution in [0.2, 0.25) is 0 Å². The van der Waals surface area contributed by atoms with Crippen LogP contribution in [-0.2, 0) is 6.54 Å². The first-order chi connectivity index (χ1) is 12.2. The van der Waals surface area contributed by atoms with Crippen molar-refractivity contribution in [2.24, 2.45) is 0 Å². The molecule has 1 aliphatic heterocycles. The summed E-state index contributed by atoms with van der Waals surface area (Å²) in [4.78, 5) is 4.54. The van der Waals surface area contributed by atoms with Crippen LogP contribution < -0.4 is 4.90 Å². The van der Waals surface area contributed by atoms with Gasteiger partial charge in [-0.25, -0.2) is 0 Å². The zero-order valence-electron chi connectivity index (χ0n) is 14.2. The van der Waals surface area contributed by atoms with E-state index in [9.17, 15) is 5.11 Å². The number of aryl methyl sites for hydroxylation is 1. The van der Waals surface area contributed by atoms with Crippen LogP contribution in [0.5, 0.6) is 0 Å². The van der Waals surface area contributed by atoms with Crippen molar-refractivity contribution in [1.82, 2.24) is 34.5 Å². The molecular formula is C16H22N8O. The Labute approximate surface area is 145 Å². The predicted octanol–water partition coefficient (Wildman–Crippen LogP) is -0.188. The molecule has 9 heteroatoms. The summed E-state index contributed by atoms with van der Waals surface area (Å²) < 4.78 is 3.54. The van der Waals surface area contributed by atoms with Gasteiger partial charge in [-0.3, -0.25) is 9.58 Å². The Morgan fingerprint density at radius 2 is 1.96 bits per heavy atom. The summed E-state index contributed by atoms with van der Waals surface area (Å²) in [5, 5.41) is 27.1. The first kappa shape index (κ1) is 16.0.